The molecular weight excluding hydrogens is 267 g/mol. The van der Waals surface area contributed by atoms with Gasteiger partial charge in [-0.15, -0.1) is 11.3 Å². The van der Waals surface area contributed by atoms with E-state index in [0.29, 0.717) is 15.4 Å². The molecule has 1 unspecified atom stereocenters. The van der Waals surface area contributed by atoms with Crippen LogP contribution in [0.4, 0.5) is 4.39 Å². The number of hydrogen-bond acceptors (Lipinski definition) is 4. The first-order chi connectivity index (χ1) is 9.11. The van der Waals surface area contributed by atoms with Gasteiger partial charge in [-0.05, 0) is 19.1 Å². The van der Waals surface area contributed by atoms with Crippen LogP contribution in [-0.4, -0.2) is 28.6 Å². The first kappa shape index (κ1) is 13.6. The lowest BCUT2D eigenvalue weighted by molar-refractivity contribution is 0.0926. The van der Waals surface area contributed by atoms with Crippen molar-refractivity contribution in [3.8, 4) is 10.6 Å². The topological polar surface area (TPSA) is 62.2 Å². The summed E-state index contributed by atoms with van der Waals surface area (Å²) >= 11 is 1.12. The maximum Gasteiger partial charge on any atom is 0.263 e. The van der Waals surface area contributed by atoms with Crippen molar-refractivity contribution in [2.75, 3.05) is 6.61 Å². The van der Waals surface area contributed by atoms with Crippen molar-refractivity contribution in [3.63, 3.8) is 0 Å². The molecule has 0 aliphatic heterocycles. The van der Waals surface area contributed by atoms with Crippen LogP contribution < -0.4 is 5.32 Å². The number of aliphatic hydroxyl groups excluding tert-OH is 1. The molecule has 19 heavy (non-hydrogen) atoms. The van der Waals surface area contributed by atoms with Gasteiger partial charge in [0.25, 0.3) is 5.91 Å². The Labute approximate surface area is 113 Å². The van der Waals surface area contributed by atoms with E-state index in [2.05, 4.69) is 10.3 Å². The standard InChI is InChI=1S/C13H13FN2O2S/c1-8(7-17)16-12(18)11-6-15-13(19-11)9-4-2-3-5-10(9)14/h2-6,8,17H,7H2,1H3,(H,16,18). The summed E-state index contributed by atoms with van der Waals surface area (Å²) in [7, 11) is 0. The van der Waals surface area contributed by atoms with Crippen LogP contribution >= 0.6 is 11.3 Å². The van der Waals surface area contributed by atoms with E-state index in [9.17, 15) is 9.18 Å². The Bertz CT molecular complexity index is 586. The lowest BCUT2D eigenvalue weighted by atomic mass is 10.2. The lowest BCUT2D eigenvalue weighted by Gasteiger charge is -2.08. The van der Waals surface area contributed by atoms with Crippen molar-refractivity contribution >= 4 is 17.2 Å². The third-order valence-corrected chi connectivity index (χ3v) is 3.51. The van der Waals surface area contributed by atoms with Gasteiger partial charge in [0.1, 0.15) is 15.7 Å². The Morgan fingerprint density at radius 3 is 2.95 bits per heavy atom. The quantitative estimate of drug-likeness (QED) is 0.901. The Morgan fingerprint density at radius 2 is 2.26 bits per heavy atom. The molecule has 100 valence electrons. The van der Waals surface area contributed by atoms with Crippen molar-refractivity contribution in [2.45, 2.75) is 13.0 Å². The molecule has 0 bridgehead atoms. The number of nitrogens with zero attached hydrogens (tertiary/aromatic N) is 1. The molecule has 6 heteroatoms. The minimum absolute atomic E-state index is 0.134. The first-order valence-corrected chi connectivity index (χ1v) is 6.56. The van der Waals surface area contributed by atoms with Crippen molar-refractivity contribution in [1.29, 1.82) is 0 Å². The molecule has 0 saturated carbocycles. The van der Waals surface area contributed by atoms with Crippen LogP contribution in [0.25, 0.3) is 10.6 Å². The fourth-order valence-corrected chi connectivity index (χ4v) is 2.33. The van der Waals surface area contributed by atoms with Crippen LogP contribution in [0.1, 0.15) is 16.6 Å². The Balaban J connectivity index is 2.20. The molecular formula is C13H13FN2O2S. The number of hydrogen-bond donors (Lipinski definition) is 2. The number of benzene rings is 1. The average Bonchev–Trinajstić information content (AvgIpc) is 2.88. The molecule has 0 spiro atoms. The summed E-state index contributed by atoms with van der Waals surface area (Å²) in [5.74, 6) is -0.686. The highest BCUT2D eigenvalue weighted by Crippen LogP contribution is 2.27. The van der Waals surface area contributed by atoms with Crippen LogP contribution in [-0.2, 0) is 0 Å². The number of carbonyl (C=O) groups excluding carboxylic acids is 1. The predicted molar refractivity (Wildman–Crippen MR) is 71.5 cm³/mol. The lowest BCUT2D eigenvalue weighted by Crippen LogP contribution is -2.34. The zero-order chi connectivity index (χ0) is 13.8. The molecule has 1 aromatic carbocycles. The van der Waals surface area contributed by atoms with E-state index < -0.39 is 0 Å². The van der Waals surface area contributed by atoms with E-state index in [1.54, 1.807) is 25.1 Å². The highest BCUT2D eigenvalue weighted by Gasteiger charge is 2.15. The second-order valence-electron chi connectivity index (χ2n) is 4.07. The predicted octanol–water partition coefficient (Wildman–Crippen LogP) is 2.06. The van der Waals surface area contributed by atoms with Gasteiger partial charge in [0.05, 0.1) is 12.8 Å². The highest BCUT2D eigenvalue weighted by molar-refractivity contribution is 7.16. The normalized spacial score (nSPS) is 12.2. The Hall–Kier alpha value is -1.79. The number of nitrogens with one attached hydrogen (secondary N) is 1. The number of aromatic nitrogens is 1. The van der Waals surface area contributed by atoms with E-state index in [4.69, 9.17) is 5.11 Å². The van der Waals surface area contributed by atoms with E-state index in [1.807, 2.05) is 0 Å². The molecule has 1 amide bonds. The van der Waals surface area contributed by atoms with Crippen molar-refractivity contribution in [3.05, 3.63) is 41.2 Å². The van der Waals surface area contributed by atoms with Crippen LogP contribution in [0, 0.1) is 5.82 Å². The maximum absolute atomic E-state index is 13.6. The fourth-order valence-electron chi connectivity index (χ4n) is 1.48. The second-order valence-corrected chi connectivity index (χ2v) is 5.10. The van der Waals surface area contributed by atoms with E-state index in [0.717, 1.165) is 11.3 Å². The van der Waals surface area contributed by atoms with Crippen molar-refractivity contribution in [2.24, 2.45) is 0 Å². The summed E-state index contributed by atoms with van der Waals surface area (Å²) in [4.78, 5) is 16.2. The van der Waals surface area contributed by atoms with E-state index in [-0.39, 0.29) is 24.4 Å². The van der Waals surface area contributed by atoms with Gasteiger partial charge < -0.3 is 10.4 Å². The molecule has 1 heterocycles. The SMILES string of the molecule is CC(CO)NC(=O)c1cnc(-c2ccccc2F)s1. The number of carbonyl (C=O) groups is 1. The number of rotatable bonds is 4. The molecule has 1 atom stereocenters. The molecule has 2 N–H and O–H groups in total. The molecule has 0 fully saturated rings. The van der Waals surface area contributed by atoms with Crippen LogP contribution in [0.2, 0.25) is 0 Å². The largest absolute Gasteiger partial charge is 0.394 e. The Kier molecular flexibility index (Phi) is 4.24. The zero-order valence-corrected chi connectivity index (χ0v) is 11.1. The first-order valence-electron chi connectivity index (χ1n) is 5.74. The van der Waals surface area contributed by atoms with Gasteiger partial charge in [-0.1, -0.05) is 12.1 Å². The summed E-state index contributed by atoms with van der Waals surface area (Å²) in [6.07, 6.45) is 1.41. The summed E-state index contributed by atoms with van der Waals surface area (Å²) in [5.41, 5.74) is 0.377. The summed E-state index contributed by atoms with van der Waals surface area (Å²) in [6, 6.07) is 5.96. The van der Waals surface area contributed by atoms with Crippen LogP contribution in [0.5, 0.6) is 0 Å². The Morgan fingerprint density at radius 1 is 1.53 bits per heavy atom. The number of thiazole rings is 1. The molecule has 0 saturated heterocycles. The van der Waals surface area contributed by atoms with Crippen molar-refractivity contribution in [1.82, 2.24) is 10.3 Å². The minimum atomic E-state index is -0.368. The van der Waals surface area contributed by atoms with Gasteiger partial charge >= 0.3 is 0 Å². The van der Waals surface area contributed by atoms with Gasteiger partial charge in [-0.3, -0.25) is 4.79 Å². The molecule has 0 radical (unpaired) electrons. The molecule has 0 aliphatic carbocycles. The monoisotopic (exact) mass is 280 g/mol. The van der Waals surface area contributed by atoms with Gasteiger partial charge in [-0.2, -0.15) is 0 Å². The zero-order valence-electron chi connectivity index (χ0n) is 10.3. The van der Waals surface area contributed by atoms with Crippen LogP contribution in [0.3, 0.4) is 0 Å². The number of amides is 1. The van der Waals surface area contributed by atoms with Crippen molar-refractivity contribution < 1.29 is 14.3 Å². The summed E-state index contributed by atoms with van der Waals surface area (Å²) < 4.78 is 13.6. The van der Waals surface area contributed by atoms with E-state index in [1.165, 1.54) is 12.3 Å². The highest BCUT2D eigenvalue weighted by atomic mass is 32.1. The molecule has 2 rings (SSSR count). The molecule has 2 aromatic rings. The van der Waals surface area contributed by atoms with Gasteiger partial charge in [0, 0.05) is 11.6 Å². The molecule has 1 aromatic heterocycles. The van der Waals surface area contributed by atoms with Crippen LogP contribution in [0.15, 0.2) is 30.5 Å². The molecule has 4 nitrogen and oxygen atoms in total. The van der Waals surface area contributed by atoms with Gasteiger partial charge in [0.2, 0.25) is 0 Å². The summed E-state index contributed by atoms with van der Waals surface area (Å²) in [5, 5.41) is 11.9. The number of aliphatic hydroxyl groups is 1. The smallest absolute Gasteiger partial charge is 0.263 e. The third-order valence-electron chi connectivity index (χ3n) is 2.49. The summed E-state index contributed by atoms with van der Waals surface area (Å²) in [6.45, 7) is 1.56. The number of halogens is 1. The molecule has 0 aliphatic rings. The van der Waals surface area contributed by atoms with E-state index >= 15 is 0 Å². The van der Waals surface area contributed by atoms with Gasteiger partial charge in [0.15, 0.2) is 0 Å². The fraction of sp³-hybridized carbons (Fsp3) is 0.231. The third kappa shape index (κ3) is 3.15. The minimum Gasteiger partial charge on any atom is -0.394 e. The second kappa shape index (κ2) is 5.90. The average molecular weight is 280 g/mol. The van der Waals surface area contributed by atoms with Gasteiger partial charge in [-0.25, -0.2) is 9.37 Å². The maximum atomic E-state index is 13.6.